The smallest absolute Gasteiger partial charge is 0.324 e. The standard InChI is InChI=1S/C9H14N4O4S/c1-14-4-5-17-9(18)12-6-10-7(15-2)13-8(11-6)16-3/h4-5H2,1-3H3,(H,10,11,12,13,18). The van der Waals surface area contributed by atoms with E-state index in [1.165, 1.54) is 14.2 Å². The van der Waals surface area contributed by atoms with E-state index in [0.29, 0.717) is 13.2 Å². The van der Waals surface area contributed by atoms with Crippen LogP contribution in [-0.2, 0) is 9.47 Å². The Morgan fingerprint density at radius 2 is 1.67 bits per heavy atom. The minimum Gasteiger partial charge on any atom is -0.468 e. The van der Waals surface area contributed by atoms with E-state index in [1.807, 2.05) is 0 Å². The van der Waals surface area contributed by atoms with Crippen LogP contribution in [-0.4, -0.2) is 54.7 Å². The Balaban J connectivity index is 2.62. The van der Waals surface area contributed by atoms with Crippen molar-refractivity contribution in [1.82, 2.24) is 15.0 Å². The number of nitrogens with one attached hydrogen (secondary N) is 1. The van der Waals surface area contributed by atoms with Gasteiger partial charge in [-0.2, -0.15) is 9.97 Å². The highest BCUT2D eigenvalue weighted by Crippen LogP contribution is 2.11. The Morgan fingerprint density at radius 3 is 2.17 bits per heavy atom. The molecule has 0 aliphatic heterocycles. The molecule has 1 aromatic rings. The van der Waals surface area contributed by atoms with Gasteiger partial charge in [-0.1, -0.05) is 0 Å². The zero-order valence-electron chi connectivity index (χ0n) is 10.3. The number of methoxy groups -OCH3 is 3. The van der Waals surface area contributed by atoms with Crippen molar-refractivity contribution < 1.29 is 18.9 Å². The highest BCUT2D eigenvalue weighted by atomic mass is 32.1. The molecule has 0 bridgehead atoms. The average molecular weight is 274 g/mol. The van der Waals surface area contributed by atoms with Gasteiger partial charge in [-0.15, -0.1) is 4.98 Å². The Labute approximate surface area is 110 Å². The van der Waals surface area contributed by atoms with E-state index in [0.717, 1.165) is 0 Å². The van der Waals surface area contributed by atoms with Gasteiger partial charge in [0.15, 0.2) is 0 Å². The predicted octanol–water partition coefficient (Wildman–Crippen LogP) is 0.249. The van der Waals surface area contributed by atoms with Crippen molar-refractivity contribution in [3.05, 3.63) is 0 Å². The van der Waals surface area contributed by atoms with Gasteiger partial charge in [0.25, 0.3) is 5.17 Å². The highest BCUT2D eigenvalue weighted by Gasteiger charge is 2.08. The third kappa shape index (κ3) is 4.63. The van der Waals surface area contributed by atoms with Gasteiger partial charge in [0.05, 0.1) is 20.8 Å². The Bertz CT molecular complexity index is 382. The number of hydrogen-bond acceptors (Lipinski definition) is 8. The minimum atomic E-state index is 0.115. The molecule has 1 N–H and O–H groups in total. The number of anilines is 1. The predicted molar refractivity (Wildman–Crippen MR) is 67.0 cm³/mol. The highest BCUT2D eigenvalue weighted by molar-refractivity contribution is 7.80. The number of nitrogens with zero attached hydrogens (tertiary/aromatic N) is 3. The lowest BCUT2D eigenvalue weighted by atomic mass is 10.8. The number of rotatable bonds is 6. The third-order valence-corrected chi connectivity index (χ3v) is 1.91. The lowest BCUT2D eigenvalue weighted by Crippen LogP contribution is -2.18. The second-order valence-corrected chi connectivity index (χ2v) is 3.26. The number of hydrogen-bond donors (Lipinski definition) is 1. The first-order chi connectivity index (χ1) is 8.69. The van der Waals surface area contributed by atoms with Gasteiger partial charge in [-0.3, -0.25) is 5.32 Å². The van der Waals surface area contributed by atoms with Crippen LogP contribution in [0.1, 0.15) is 0 Å². The van der Waals surface area contributed by atoms with Crippen LogP contribution < -0.4 is 14.8 Å². The summed E-state index contributed by atoms with van der Waals surface area (Å²) in [6, 6.07) is 0.230. The van der Waals surface area contributed by atoms with Crippen molar-refractivity contribution in [2.24, 2.45) is 0 Å². The lowest BCUT2D eigenvalue weighted by Gasteiger charge is -2.09. The molecular formula is C9H14N4O4S. The molecule has 0 unspecified atom stereocenters. The second kappa shape index (κ2) is 7.56. The second-order valence-electron chi connectivity index (χ2n) is 2.89. The largest absolute Gasteiger partial charge is 0.468 e. The van der Waals surface area contributed by atoms with Crippen molar-refractivity contribution in [1.29, 1.82) is 0 Å². The zero-order chi connectivity index (χ0) is 13.4. The molecule has 18 heavy (non-hydrogen) atoms. The van der Waals surface area contributed by atoms with E-state index in [9.17, 15) is 0 Å². The summed E-state index contributed by atoms with van der Waals surface area (Å²) in [5.74, 6) is 0.182. The SMILES string of the molecule is COCCOC(=S)Nc1nc(OC)nc(OC)n1. The first kappa shape index (κ1) is 14.3. The summed E-state index contributed by atoms with van der Waals surface area (Å²) < 4.78 is 19.8. The summed E-state index contributed by atoms with van der Waals surface area (Å²) in [5.41, 5.74) is 0. The van der Waals surface area contributed by atoms with E-state index in [1.54, 1.807) is 7.11 Å². The van der Waals surface area contributed by atoms with Crippen LogP contribution in [0.2, 0.25) is 0 Å². The molecule has 0 amide bonds. The fourth-order valence-electron chi connectivity index (χ4n) is 0.922. The van der Waals surface area contributed by atoms with E-state index in [4.69, 9.17) is 31.2 Å². The number of aromatic nitrogens is 3. The molecule has 0 aliphatic rings. The van der Waals surface area contributed by atoms with Gasteiger partial charge >= 0.3 is 12.0 Å². The first-order valence-electron chi connectivity index (χ1n) is 4.96. The fourth-order valence-corrected chi connectivity index (χ4v) is 1.10. The molecule has 0 radical (unpaired) electrons. The monoisotopic (exact) mass is 274 g/mol. The van der Waals surface area contributed by atoms with Crippen molar-refractivity contribution in [2.45, 2.75) is 0 Å². The summed E-state index contributed by atoms with van der Waals surface area (Å²) in [7, 11) is 4.44. The van der Waals surface area contributed by atoms with Gasteiger partial charge in [0.2, 0.25) is 5.95 Å². The molecule has 1 rings (SSSR count). The van der Waals surface area contributed by atoms with Gasteiger partial charge in [-0.25, -0.2) is 0 Å². The van der Waals surface area contributed by atoms with Crippen molar-refractivity contribution in [3.8, 4) is 12.0 Å². The van der Waals surface area contributed by atoms with Crippen LogP contribution in [0.25, 0.3) is 0 Å². The van der Waals surface area contributed by atoms with Gasteiger partial charge in [0, 0.05) is 7.11 Å². The van der Waals surface area contributed by atoms with Crippen molar-refractivity contribution in [2.75, 3.05) is 39.9 Å². The van der Waals surface area contributed by atoms with Crippen molar-refractivity contribution in [3.63, 3.8) is 0 Å². The topological polar surface area (TPSA) is 87.6 Å². The summed E-state index contributed by atoms with van der Waals surface area (Å²) in [4.78, 5) is 11.7. The van der Waals surface area contributed by atoms with Gasteiger partial charge < -0.3 is 18.9 Å². The molecule has 0 spiro atoms. The van der Waals surface area contributed by atoms with Crippen LogP contribution in [0.15, 0.2) is 0 Å². The van der Waals surface area contributed by atoms with Crippen LogP contribution in [0, 0.1) is 0 Å². The molecule has 0 fully saturated rings. The maximum Gasteiger partial charge on any atom is 0.324 e. The first-order valence-corrected chi connectivity index (χ1v) is 5.37. The average Bonchev–Trinajstić information content (AvgIpc) is 2.38. The van der Waals surface area contributed by atoms with Crippen LogP contribution in [0.5, 0.6) is 12.0 Å². The quantitative estimate of drug-likeness (QED) is 0.579. The molecule has 0 saturated heterocycles. The molecule has 1 heterocycles. The maximum atomic E-state index is 5.15. The van der Waals surface area contributed by atoms with Crippen LogP contribution in [0.3, 0.4) is 0 Å². The number of ether oxygens (including phenoxy) is 4. The zero-order valence-corrected chi connectivity index (χ0v) is 11.1. The Morgan fingerprint density at radius 1 is 1.06 bits per heavy atom. The third-order valence-electron chi connectivity index (χ3n) is 1.69. The molecule has 0 aliphatic carbocycles. The normalized spacial score (nSPS) is 9.72. The molecule has 9 heteroatoms. The van der Waals surface area contributed by atoms with E-state index in [-0.39, 0.29) is 23.1 Å². The minimum absolute atomic E-state index is 0.115. The molecule has 0 saturated carbocycles. The molecule has 1 aromatic heterocycles. The fraction of sp³-hybridized carbons (Fsp3) is 0.556. The Kier molecular flexibility index (Phi) is 6.01. The van der Waals surface area contributed by atoms with Crippen LogP contribution >= 0.6 is 12.2 Å². The summed E-state index contributed by atoms with van der Waals surface area (Å²) in [6.45, 7) is 0.771. The molecule has 8 nitrogen and oxygen atoms in total. The summed E-state index contributed by atoms with van der Waals surface area (Å²) in [5, 5.41) is 2.81. The molecule has 0 atom stereocenters. The molecule has 0 aromatic carbocycles. The van der Waals surface area contributed by atoms with Crippen LogP contribution in [0.4, 0.5) is 5.95 Å². The van der Waals surface area contributed by atoms with E-state index < -0.39 is 0 Å². The molecule has 100 valence electrons. The van der Waals surface area contributed by atoms with Crippen molar-refractivity contribution >= 4 is 23.3 Å². The summed E-state index contributed by atoms with van der Waals surface area (Å²) >= 11 is 4.94. The Hall–Kier alpha value is -1.74. The van der Waals surface area contributed by atoms with E-state index >= 15 is 0 Å². The van der Waals surface area contributed by atoms with Gasteiger partial charge in [0.1, 0.15) is 6.61 Å². The van der Waals surface area contributed by atoms with Gasteiger partial charge in [-0.05, 0) is 12.2 Å². The number of thiocarbonyl (C=S) groups is 1. The van der Waals surface area contributed by atoms with E-state index in [2.05, 4.69) is 20.3 Å². The molecular weight excluding hydrogens is 260 g/mol. The summed E-state index contributed by atoms with van der Waals surface area (Å²) in [6.07, 6.45) is 0. The lowest BCUT2D eigenvalue weighted by molar-refractivity contribution is 0.143. The maximum absolute atomic E-state index is 5.15.